The zero-order chi connectivity index (χ0) is 18.9. The van der Waals surface area contributed by atoms with Crippen LogP contribution in [0.4, 0.5) is 10.5 Å². The number of thioether (sulfide) groups is 1. The van der Waals surface area contributed by atoms with Gasteiger partial charge in [-0.05, 0) is 38.7 Å². The molecule has 2 amide bonds. The van der Waals surface area contributed by atoms with Gasteiger partial charge in [-0.25, -0.2) is 9.59 Å². The summed E-state index contributed by atoms with van der Waals surface area (Å²) in [5.74, 6) is 0.287. The van der Waals surface area contributed by atoms with Gasteiger partial charge in [0, 0.05) is 19.9 Å². The Kier molecular flexibility index (Phi) is 8.77. The third-order valence-corrected chi connectivity index (χ3v) is 4.43. The number of methoxy groups -OCH3 is 2. The molecule has 9 heteroatoms. The van der Waals surface area contributed by atoms with E-state index in [1.807, 2.05) is 20.1 Å². The largest absolute Gasteiger partial charge is 0.467 e. The van der Waals surface area contributed by atoms with E-state index in [1.54, 1.807) is 35.9 Å². The molecule has 0 aliphatic carbocycles. The van der Waals surface area contributed by atoms with Gasteiger partial charge in [0.05, 0.1) is 24.6 Å². The first kappa shape index (κ1) is 21.3. The smallest absolute Gasteiger partial charge is 0.328 e. The van der Waals surface area contributed by atoms with Crippen molar-refractivity contribution in [2.75, 3.05) is 31.5 Å². The van der Waals surface area contributed by atoms with Crippen LogP contribution in [0, 0.1) is 0 Å². The zero-order valence-electron chi connectivity index (χ0n) is 15.5. The third kappa shape index (κ3) is 7.78. The van der Waals surface area contributed by atoms with Crippen LogP contribution in [-0.4, -0.2) is 59.7 Å². The number of ether oxygens (including phenoxy) is 2. The zero-order valence-corrected chi connectivity index (χ0v) is 16.3. The molecule has 8 nitrogen and oxygen atoms in total. The maximum atomic E-state index is 12.1. The Bertz CT molecular complexity index is 562. The Balaban J connectivity index is 2.54. The predicted octanol–water partition coefficient (Wildman–Crippen LogP) is 2.11. The van der Waals surface area contributed by atoms with Gasteiger partial charge in [0.25, 0.3) is 0 Å². The van der Waals surface area contributed by atoms with E-state index in [-0.39, 0.29) is 5.60 Å². The highest BCUT2D eigenvalue weighted by Gasteiger charge is 2.21. The van der Waals surface area contributed by atoms with Gasteiger partial charge in [0.15, 0.2) is 0 Å². The Labute approximate surface area is 153 Å². The minimum atomic E-state index is -0.671. The summed E-state index contributed by atoms with van der Waals surface area (Å²) in [6, 6.07) is -1.14. The molecule has 0 saturated heterocycles. The molecule has 1 heterocycles. The summed E-state index contributed by atoms with van der Waals surface area (Å²) in [4.78, 5) is 23.8. The molecule has 0 aliphatic heterocycles. The van der Waals surface area contributed by atoms with Crippen molar-refractivity contribution in [2.45, 2.75) is 44.9 Å². The van der Waals surface area contributed by atoms with Crippen LogP contribution in [0.3, 0.4) is 0 Å². The Morgan fingerprint density at radius 1 is 1.40 bits per heavy atom. The van der Waals surface area contributed by atoms with Crippen molar-refractivity contribution in [2.24, 2.45) is 0 Å². The van der Waals surface area contributed by atoms with Crippen LogP contribution in [-0.2, 0) is 20.8 Å². The van der Waals surface area contributed by atoms with Crippen LogP contribution in [0.2, 0.25) is 0 Å². The Morgan fingerprint density at radius 2 is 2.12 bits per heavy atom. The molecule has 0 radical (unpaired) electrons. The number of amides is 2. The van der Waals surface area contributed by atoms with Gasteiger partial charge in [-0.15, -0.1) is 0 Å². The number of hydrogen-bond donors (Lipinski definition) is 2. The molecule has 1 aromatic heterocycles. The first-order chi connectivity index (χ1) is 11.8. The highest BCUT2D eigenvalue weighted by Crippen LogP contribution is 2.15. The Hall–Kier alpha value is -1.74. The summed E-state index contributed by atoms with van der Waals surface area (Å²) in [6.07, 6.45) is 6.53. The number of urea groups is 1. The van der Waals surface area contributed by atoms with Crippen LogP contribution in [0.15, 0.2) is 12.4 Å². The first-order valence-electron chi connectivity index (χ1n) is 8.03. The molecule has 0 bridgehead atoms. The van der Waals surface area contributed by atoms with Crippen molar-refractivity contribution in [1.82, 2.24) is 15.1 Å². The van der Waals surface area contributed by atoms with Crippen LogP contribution in [0.25, 0.3) is 0 Å². The lowest BCUT2D eigenvalue weighted by atomic mass is 10.1. The van der Waals surface area contributed by atoms with Gasteiger partial charge < -0.3 is 20.1 Å². The maximum Gasteiger partial charge on any atom is 0.328 e. The fourth-order valence-corrected chi connectivity index (χ4v) is 2.46. The summed E-state index contributed by atoms with van der Waals surface area (Å²) in [7, 11) is 2.98. The molecule has 25 heavy (non-hydrogen) atoms. The highest BCUT2D eigenvalue weighted by molar-refractivity contribution is 7.98. The quantitative estimate of drug-likeness (QED) is 0.611. The van der Waals surface area contributed by atoms with E-state index in [4.69, 9.17) is 9.47 Å². The fourth-order valence-electron chi connectivity index (χ4n) is 1.99. The predicted molar refractivity (Wildman–Crippen MR) is 98.9 cm³/mol. The van der Waals surface area contributed by atoms with E-state index < -0.39 is 18.0 Å². The van der Waals surface area contributed by atoms with Gasteiger partial charge in [0.2, 0.25) is 0 Å². The standard InChI is InChI=1S/C16H28N4O4S/c1-16(2,24-4)7-8-20-11-12(10-17-20)18-15(22)19-13(6-9-25-5)14(21)23-3/h10-11,13H,6-9H2,1-5H3,(H2,18,19,22)/t13-/m0/s1. The van der Waals surface area contributed by atoms with Crippen LogP contribution in [0.1, 0.15) is 26.7 Å². The topological polar surface area (TPSA) is 94.5 Å². The fraction of sp³-hybridized carbons (Fsp3) is 0.688. The molecule has 0 saturated carbocycles. The molecule has 142 valence electrons. The average Bonchev–Trinajstić information content (AvgIpc) is 3.03. The summed E-state index contributed by atoms with van der Waals surface area (Å²) < 4.78 is 11.8. The number of anilines is 1. The molecule has 0 unspecified atom stereocenters. The molecular weight excluding hydrogens is 344 g/mol. The molecule has 0 spiro atoms. The molecule has 2 N–H and O–H groups in total. The molecule has 1 aromatic rings. The summed E-state index contributed by atoms with van der Waals surface area (Å²) in [5.41, 5.74) is 0.322. The lowest BCUT2D eigenvalue weighted by Gasteiger charge is -2.22. The number of aromatic nitrogens is 2. The number of aryl methyl sites for hydroxylation is 1. The molecule has 0 aliphatic rings. The number of nitrogens with one attached hydrogen (secondary N) is 2. The van der Waals surface area contributed by atoms with Gasteiger partial charge in [-0.3, -0.25) is 4.68 Å². The molecular formula is C16H28N4O4S. The van der Waals surface area contributed by atoms with E-state index in [0.717, 1.165) is 12.2 Å². The average molecular weight is 372 g/mol. The van der Waals surface area contributed by atoms with E-state index in [9.17, 15) is 9.59 Å². The third-order valence-electron chi connectivity index (χ3n) is 3.79. The van der Waals surface area contributed by atoms with Crippen molar-refractivity contribution >= 4 is 29.4 Å². The maximum absolute atomic E-state index is 12.1. The van der Waals surface area contributed by atoms with Crippen LogP contribution in [0.5, 0.6) is 0 Å². The van der Waals surface area contributed by atoms with Crippen molar-refractivity contribution in [3.05, 3.63) is 12.4 Å². The van der Waals surface area contributed by atoms with Gasteiger partial charge in [-0.1, -0.05) is 0 Å². The first-order valence-corrected chi connectivity index (χ1v) is 9.42. The second-order valence-electron chi connectivity index (χ2n) is 6.16. The van der Waals surface area contributed by atoms with Crippen molar-refractivity contribution in [1.29, 1.82) is 0 Å². The van der Waals surface area contributed by atoms with E-state index in [2.05, 4.69) is 15.7 Å². The van der Waals surface area contributed by atoms with Crippen molar-refractivity contribution in [3.63, 3.8) is 0 Å². The number of hydrogen-bond acceptors (Lipinski definition) is 6. The van der Waals surface area contributed by atoms with Crippen LogP contribution >= 0.6 is 11.8 Å². The lowest BCUT2D eigenvalue weighted by Crippen LogP contribution is -2.43. The van der Waals surface area contributed by atoms with Crippen molar-refractivity contribution in [3.8, 4) is 0 Å². The molecule has 1 rings (SSSR count). The van der Waals surface area contributed by atoms with Crippen LogP contribution < -0.4 is 10.6 Å². The highest BCUT2D eigenvalue weighted by atomic mass is 32.2. The number of rotatable bonds is 10. The number of carbonyl (C=O) groups is 2. The lowest BCUT2D eigenvalue weighted by molar-refractivity contribution is -0.142. The summed E-state index contributed by atoms with van der Waals surface area (Å²) in [6.45, 7) is 4.68. The SMILES string of the molecule is COC(=O)[C@H](CCSC)NC(=O)Nc1cnn(CCC(C)(C)OC)c1. The second kappa shape index (κ2) is 10.3. The molecule has 0 fully saturated rings. The molecule has 1 atom stereocenters. The minimum Gasteiger partial charge on any atom is -0.467 e. The monoisotopic (exact) mass is 372 g/mol. The van der Waals surface area contributed by atoms with Gasteiger partial charge >= 0.3 is 12.0 Å². The summed E-state index contributed by atoms with van der Waals surface area (Å²) >= 11 is 1.60. The van der Waals surface area contributed by atoms with E-state index >= 15 is 0 Å². The Morgan fingerprint density at radius 3 is 2.72 bits per heavy atom. The minimum absolute atomic E-state index is 0.234. The second-order valence-corrected chi connectivity index (χ2v) is 7.15. The van der Waals surface area contributed by atoms with E-state index in [0.29, 0.717) is 18.7 Å². The number of nitrogens with zero attached hydrogens (tertiary/aromatic N) is 2. The summed E-state index contributed by atoms with van der Waals surface area (Å²) in [5, 5.41) is 9.52. The van der Waals surface area contributed by atoms with Gasteiger partial charge in [-0.2, -0.15) is 16.9 Å². The molecule has 0 aromatic carbocycles. The normalized spacial score (nSPS) is 12.5. The van der Waals surface area contributed by atoms with Gasteiger partial charge in [0.1, 0.15) is 6.04 Å². The van der Waals surface area contributed by atoms with E-state index in [1.165, 1.54) is 7.11 Å². The number of carbonyl (C=O) groups excluding carboxylic acids is 2. The number of esters is 1. The van der Waals surface area contributed by atoms with Crippen molar-refractivity contribution < 1.29 is 19.1 Å².